The fraction of sp³-hybridized carbons (Fsp3) is 0.538. The van der Waals surface area contributed by atoms with Gasteiger partial charge in [0.1, 0.15) is 5.75 Å². The summed E-state index contributed by atoms with van der Waals surface area (Å²) in [4.78, 5) is 2.32. The van der Waals surface area contributed by atoms with Crippen LogP contribution in [0, 0.1) is 5.92 Å². The maximum atomic E-state index is 9.21. The van der Waals surface area contributed by atoms with Gasteiger partial charge in [0.25, 0.3) is 0 Å². The fourth-order valence-electron chi connectivity index (χ4n) is 2.22. The lowest BCUT2D eigenvalue weighted by atomic mass is 10.1. The maximum Gasteiger partial charge on any atom is 0.115 e. The molecule has 0 aromatic heterocycles. The van der Waals surface area contributed by atoms with Crippen molar-refractivity contribution in [2.45, 2.75) is 25.4 Å². The van der Waals surface area contributed by atoms with E-state index in [0.717, 1.165) is 19.0 Å². The standard InChI is InChI=1S/C13H20N2O/c1-15(13(8-14)11-4-5-11)9-10-2-6-12(16)7-3-10/h2-3,6-7,11,13,16H,4-5,8-9,14H2,1H3. The Balaban J connectivity index is 1.94. The number of hydrogen-bond donors (Lipinski definition) is 2. The van der Waals surface area contributed by atoms with E-state index in [1.54, 1.807) is 12.1 Å². The van der Waals surface area contributed by atoms with Crippen molar-refractivity contribution in [3.05, 3.63) is 29.8 Å². The predicted octanol–water partition coefficient (Wildman–Crippen LogP) is 1.56. The molecule has 0 amide bonds. The van der Waals surface area contributed by atoms with Crippen LogP contribution in [0.5, 0.6) is 5.75 Å². The number of nitrogens with two attached hydrogens (primary N) is 1. The van der Waals surface area contributed by atoms with Gasteiger partial charge in [-0.2, -0.15) is 0 Å². The maximum absolute atomic E-state index is 9.21. The number of nitrogens with zero attached hydrogens (tertiary/aromatic N) is 1. The second-order valence-corrected chi connectivity index (χ2v) is 4.72. The van der Waals surface area contributed by atoms with Crippen LogP contribution in [0.4, 0.5) is 0 Å². The van der Waals surface area contributed by atoms with E-state index in [2.05, 4.69) is 11.9 Å². The highest BCUT2D eigenvalue weighted by Crippen LogP contribution is 2.34. The molecule has 0 heterocycles. The van der Waals surface area contributed by atoms with Crippen LogP contribution in [0.2, 0.25) is 0 Å². The van der Waals surface area contributed by atoms with Crippen molar-refractivity contribution in [1.82, 2.24) is 4.90 Å². The van der Waals surface area contributed by atoms with Gasteiger partial charge in [0.2, 0.25) is 0 Å². The fourth-order valence-corrected chi connectivity index (χ4v) is 2.22. The van der Waals surface area contributed by atoms with Crippen LogP contribution < -0.4 is 5.73 Å². The first-order chi connectivity index (χ1) is 7.70. The van der Waals surface area contributed by atoms with Gasteiger partial charge in [0.15, 0.2) is 0 Å². The Morgan fingerprint density at radius 3 is 2.50 bits per heavy atom. The SMILES string of the molecule is CN(Cc1ccc(O)cc1)C(CN)C1CC1. The summed E-state index contributed by atoms with van der Waals surface area (Å²) < 4.78 is 0. The molecule has 88 valence electrons. The van der Waals surface area contributed by atoms with E-state index in [4.69, 9.17) is 5.73 Å². The number of rotatable bonds is 5. The molecular weight excluding hydrogens is 200 g/mol. The van der Waals surface area contributed by atoms with E-state index in [-0.39, 0.29) is 0 Å². The Morgan fingerprint density at radius 2 is 2.00 bits per heavy atom. The van der Waals surface area contributed by atoms with Crippen LogP contribution in [0.1, 0.15) is 18.4 Å². The van der Waals surface area contributed by atoms with Crippen molar-refractivity contribution >= 4 is 0 Å². The Bertz CT molecular complexity index is 332. The minimum absolute atomic E-state index is 0.323. The molecule has 0 radical (unpaired) electrons. The number of phenolic OH excluding ortho intramolecular Hbond substituents is 1. The topological polar surface area (TPSA) is 49.5 Å². The van der Waals surface area contributed by atoms with Crippen molar-refractivity contribution in [2.24, 2.45) is 11.7 Å². The van der Waals surface area contributed by atoms with E-state index >= 15 is 0 Å². The van der Waals surface area contributed by atoms with Gasteiger partial charge in [-0.25, -0.2) is 0 Å². The van der Waals surface area contributed by atoms with Crippen molar-refractivity contribution in [2.75, 3.05) is 13.6 Å². The third kappa shape index (κ3) is 2.74. The van der Waals surface area contributed by atoms with Crippen molar-refractivity contribution < 1.29 is 5.11 Å². The minimum Gasteiger partial charge on any atom is -0.508 e. The van der Waals surface area contributed by atoms with Gasteiger partial charge in [0, 0.05) is 19.1 Å². The minimum atomic E-state index is 0.323. The predicted molar refractivity (Wildman–Crippen MR) is 65.1 cm³/mol. The average Bonchev–Trinajstić information content (AvgIpc) is 3.07. The number of likely N-dealkylation sites (N-methyl/N-ethyl adjacent to an activating group) is 1. The van der Waals surface area contributed by atoms with Crippen LogP contribution >= 0.6 is 0 Å². The van der Waals surface area contributed by atoms with Crippen LogP contribution in [-0.4, -0.2) is 29.6 Å². The summed E-state index contributed by atoms with van der Waals surface area (Å²) in [5, 5.41) is 9.21. The van der Waals surface area contributed by atoms with Gasteiger partial charge in [-0.1, -0.05) is 12.1 Å². The summed E-state index contributed by atoms with van der Waals surface area (Å²) in [7, 11) is 2.13. The van der Waals surface area contributed by atoms with Crippen molar-refractivity contribution in [3.63, 3.8) is 0 Å². The molecule has 0 bridgehead atoms. The average molecular weight is 220 g/mol. The first-order valence-corrected chi connectivity index (χ1v) is 5.89. The summed E-state index contributed by atoms with van der Waals surface area (Å²) in [5.41, 5.74) is 7.03. The van der Waals surface area contributed by atoms with E-state index in [1.807, 2.05) is 12.1 Å². The monoisotopic (exact) mass is 220 g/mol. The van der Waals surface area contributed by atoms with Crippen molar-refractivity contribution in [1.29, 1.82) is 0 Å². The Morgan fingerprint density at radius 1 is 1.38 bits per heavy atom. The number of hydrogen-bond acceptors (Lipinski definition) is 3. The summed E-state index contributed by atoms with van der Waals surface area (Å²) in [6.45, 7) is 1.64. The highest BCUT2D eigenvalue weighted by atomic mass is 16.3. The Hall–Kier alpha value is -1.06. The highest BCUT2D eigenvalue weighted by molar-refractivity contribution is 5.25. The highest BCUT2D eigenvalue weighted by Gasteiger charge is 2.32. The van der Waals surface area contributed by atoms with E-state index in [9.17, 15) is 5.11 Å². The second-order valence-electron chi connectivity index (χ2n) is 4.72. The first-order valence-electron chi connectivity index (χ1n) is 5.89. The molecule has 1 aliphatic rings. The quantitative estimate of drug-likeness (QED) is 0.791. The molecule has 0 spiro atoms. The van der Waals surface area contributed by atoms with Gasteiger partial charge in [0.05, 0.1) is 0 Å². The third-order valence-electron chi connectivity index (χ3n) is 3.34. The molecule has 3 N–H and O–H groups in total. The molecule has 16 heavy (non-hydrogen) atoms. The van der Waals surface area contributed by atoms with Gasteiger partial charge >= 0.3 is 0 Å². The molecule has 1 atom stereocenters. The van der Waals surface area contributed by atoms with E-state index in [0.29, 0.717) is 11.8 Å². The normalized spacial score (nSPS) is 17.7. The zero-order chi connectivity index (χ0) is 11.5. The molecule has 2 rings (SSSR count). The molecule has 0 aliphatic heterocycles. The molecular formula is C13H20N2O. The smallest absolute Gasteiger partial charge is 0.115 e. The zero-order valence-corrected chi connectivity index (χ0v) is 9.76. The third-order valence-corrected chi connectivity index (χ3v) is 3.34. The van der Waals surface area contributed by atoms with E-state index in [1.165, 1.54) is 18.4 Å². The molecule has 3 nitrogen and oxygen atoms in total. The molecule has 0 saturated heterocycles. The lowest BCUT2D eigenvalue weighted by Gasteiger charge is -2.26. The van der Waals surface area contributed by atoms with Crippen LogP contribution in [0.3, 0.4) is 0 Å². The molecule has 1 unspecified atom stereocenters. The number of aromatic hydroxyl groups is 1. The molecule has 1 fully saturated rings. The van der Waals surface area contributed by atoms with Crippen LogP contribution in [0.15, 0.2) is 24.3 Å². The summed E-state index contributed by atoms with van der Waals surface area (Å²) in [5.74, 6) is 1.12. The summed E-state index contributed by atoms with van der Waals surface area (Å²) in [6, 6.07) is 7.91. The lowest BCUT2D eigenvalue weighted by Crippen LogP contribution is -2.39. The van der Waals surface area contributed by atoms with E-state index < -0.39 is 0 Å². The summed E-state index contributed by atoms with van der Waals surface area (Å²) >= 11 is 0. The molecule has 1 aromatic carbocycles. The Kier molecular flexibility index (Phi) is 3.46. The van der Waals surface area contributed by atoms with Gasteiger partial charge in [-0.15, -0.1) is 0 Å². The van der Waals surface area contributed by atoms with Gasteiger partial charge < -0.3 is 10.8 Å². The first kappa shape index (κ1) is 11.4. The number of benzene rings is 1. The van der Waals surface area contributed by atoms with Crippen LogP contribution in [0.25, 0.3) is 0 Å². The van der Waals surface area contributed by atoms with Gasteiger partial charge in [-0.05, 0) is 43.5 Å². The van der Waals surface area contributed by atoms with Crippen molar-refractivity contribution in [3.8, 4) is 5.75 Å². The lowest BCUT2D eigenvalue weighted by molar-refractivity contribution is 0.215. The Labute approximate surface area is 96.9 Å². The van der Waals surface area contributed by atoms with Crippen LogP contribution in [-0.2, 0) is 6.54 Å². The largest absolute Gasteiger partial charge is 0.508 e. The zero-order valence-electron chi connectivity index (χ0n) is 9.76. The van der Waals surface area contributed by atoms with Gasteiger partial charge in [-0.3, -0.25) is 4.90 Å². The second kappa shape index (κ2) is 4.85. The number of phenols is 1. The summed E-state index contributed by atoms with van der Waals surface area (Å²) in [6.07, 6.45) is 2.64. The molecule has 1 aliphatic carbocycles. The molecule has 1 aromatic rings. The molecule has 3 heteroatoms. The molecule has 1 saturated carbocycles.